The molecule has 0 aromatic rings. The summed E-state index contributed by atoms with van der Waals surface area (Å²) in [7, 11) is 0. The summed E-state index contributed by atoms with van der Waals surface area (Å²) in [5, 5.41) is 3.76. The van der Waals surface area contributed by atoms with Gasteiger partial charge in [-0.1, -0.05) is 13.0 Å². The van der Waals surface area contributed by atoms with E-state index < -0.39 is 0 Å². The number of allylic oxidation sites excluding steroid dienone is 2. The first-order chi connectivity index (χ1) is 9.79. The van der Waals surface area contributed by atoms with Gasteiger partial charge in [-0.25, -0.2) is 0 Å². The van der Waals surface area contributed by atoms with Crippen molar-refractivity contribution >= 4 is 0 Å². The van der Waals surface area contributed by atoms with Gasteiger partial charge in [0.2, 0.25) is 0 Å². The van der Waals surface area contributed by atoms with Gasteiger partial charge in [0.05, 0.1) is 6.04 Å². The number of hydrogen-bond acceptors (Lipinski definition) is 3. The fourth-order valence-electron chi connectivity index (χ4n) is 4.56. The summed E-state index contributed by atoms with van der Waals surface area (Å²) in [5.41, 5.74) is 4.68. The van der Waals surface area contributed by atoms with E-state index in [1.807, 2.05) is 0 Å². The van der Waals surface area contributed by atoms with E-state index >= 15 is 0 Å². The normalized spacial score (nSPS) is 36.6. The maximum atomic E-state index is 3.76. The molecule has 3 nitrogen and oxygen atoms in total. The highest BCUT2D eigenvalue weighted by atomic mass is 15.3. The molecule has 3 aliphatic heterocycles. The predicted molar refractivity (Wildman–Crippen MR) is 82.2 cm³/mol. The fraction of sp³-hybridized carbons (Fsp3) is 0.647. The van der Waals surface area contributed by atoms with E-state index in [2.05, 4.69) is 47.3 Å². The molecule has 3 atom stereocenters. The van der Waals surface area contributed by atoms with Crippen LogP contribution in [0, 0.1) is 0 Å². The van der Waals surface area contributed by atoms with E-state index in [1.54, 1.807) is 5.57 Å². The lowest BCUT2D eigenvalue weighted by Gasteiger charge is -2.50. The first kappa shape index (κ1) is 12.7. The smallest absolute Gasteiger partial charge is 0.0548 e. The maximum absolute atomic E-state index is 3.76. The van der Waals surface area contributed by atoms with Crippen molar-refractivity contribution < 1.29 is 0 Å². The number of fused-ring (bicyclic) bond motifs is 4. The third kappa shape index (κ3) is 1.73. The van der Waals surface area contributed by atoms with Gasteiger partial charge in [0, 0.05) is 37.1 Å². The largest absolute Gasteiger partial charge is 0.343 e. The summed E-state index contributed by atoms with van der Waals surface area (Å²) in [5.74, 6) is 0. The van der Waals surface area contributed by atoms with Gasteiger partial charge in [-0.05, 0) is 50.0 Å². The summed E-state index contributed by atoms with van der Waals surface area (Å²) < 4.78 is 0. The van der Waals surface area contributed by atoms with Crippen LogP contribution in [0.1, 0.15) is 33.1 Å². The molecule has 0 amide bonds. The van der Waals surface area contributed by atoms with Crippen LogP contribution in [0.2, 0.25) is 0 Å². The van der Waals surface area contributed by atoms with Crippen LogP contribution < -0.4 is 5.32 Å². The number of likely N-dealkylation sites (N-methyl/N-ethyl adjacent to an activating group) is 1. The van der Waals surface area contributed by atoms with Crippen molar-refractivity contribution in [3.05, 3.63) is 35.2 Å². The molecular formula is C17H25N3. The van der Waals surface area contributed by atoms with E-state index in [4.69, 9.17) is 0 Å². The minimum absolute atomic E-state index is 0.551. The Morgan fingerprint density at radius 3 is 3.15 bits per heavy atom. The van der Waals surface area contributed by atoms with Crippen LogP contribution >= 0.6 is 0 Å². The molecule has 1 N–H and O–H groups in total. The second kappa shape index (κ2) is 4.74. The van der Waals surface area contributed by atoms with Crippen LogP contribution in [-0.2, 0) is 0 Å². The van der Waals surface area contributed by atoms with Gasteiger partial charge in [-0.3, -0.25) is 4.90 Å². The standard InChI is InChI=1S/C17H25N3/c1-3-19-9-8-18-16-12(2)11-20-14-7-5-4-6-13(14)10-15(20)17(16)19/h5,7,11,15-18H,3-4,6,8-10H2,1-2H3/t15-,16?,17-/m0/s1. The molecule has 0 saturated carbocycles. The van der Waals surface area contributed by atoms with Crippen molar-refractivity contribution in [1.29, 1.82) is 0 Å². The van der Waals surface area contributed by atoms with Gasteiger partial charge >= 0.3 is 0 Å². The highest BCUT2D eigenvalue weighted by molar-refractivity contribution is 5.40. The summed E-state index contributed by atoms with van der Waals surface area (Å²) >= 11 is 0. The van der Waals surface area contributed by atoms with Crippen molar-refractivity contribution in [2.24, 2.45) is 0 Å². The molecule has 0 spiro atoms. The van der Waals surface area contributed by atoms with Gasteiger partial charge in [-0.2, -0.15) is 0 Å². The lowest BCUT2D eigenvalue weighted by atomic mass is 9.86. The molecule has 0 aromatic carbocycles. The van der Waals surface area contributed by atoms with Crippen LogP contribution in [0.25, 0.3) is 0 Å². The van der Waals surface area contributed by atoms with Crippen molar-refractivity contribution in [2.75, 3.05) is 19.6 Å². The van der Waals surface area contributed by atoms with Gasteiger partial charge in [-0.15, -0.1) is 0 Å². The van der Waals surface area contributed by atoms with Crippen LogP contribution in [0.15, 0.2) is 35.2 Å². The fourth-order valence-corrected chi connectivity index (χ4v) is 4.56. The van der Waals surface area contributed by atoms with Crippen molar-refractivity contribution in [2.45, 2.75) is 51.2 Å². The van der Waals surface area contributed by atoms with E-state index in [0.717, 1.165) is 6.54 Å². The van der Waals surface area contributed by atoms with Crippen LogP contribution in [-0.4, -0.2) is 47.6 Å². The third-order valence-electron chi connectivity index (χ3n) is 5.50. The van der Waals surface area contributed by atoms with E-state index in [0.29, 0.717) is 18.1 Å². The molecule has 20 heavy (non-hydrogen) atoms. The highest BCUT2D eigenvalue weighted by Gasteiger charge is 2.46. The number of nitrogens with zero attached hydrogens (tertiary/aromatic N) is 2. The molecule has 0 bridgehead atoms. The number of rotatable bonds is 1. The summed E-state index contributed by atoms with van der Waals surface area (Å²) in [6, 6.07) is 1.83. The Bertz CT molecular complexity index is 502. The minimum atomic E-state index is 0.551. The first-order valence-corrected chi connectivity index (χ1v) is 8.12. The lowest BCUT2D eigenvalue weighted by Crippen LogP contribution is -2.66. The summed E-state index contributed by atoms with van der Waals surface area (Å²) in [6.45, 7) is 8.09. The van der Waals surface area contributed by atoms with Gasteiger partial charge in [0.15, 0.2) is 0 Å². The van der Waals surface area contributed by atoms with E-state index in [1.165, 1.54) is 43.6 Å². The van der Waals surface area contributed by atoms with Crippen LogP contribution in [0.5, 0.6) is 0 Å². The zero-order valence-corrected chi connectivity index (χ0v) is 12.6. The quantitative estimate of drug-likeness (QED) is 0.789. The Morgan fingerprint density at radius 2 is 2.30 bits per heavy atom. The first-order valence-electron chi connectivity index (χ1n) is 8.12. The zero-order chi connectivity index (χ0) is 13.7. The van der Waals surface area contributed by atoms with Gasteiger partial charge < -0.3 is 10.2 Å². The minimum Gasteiger partial charge on any atom is -0.343 e. The molecule has 3 heterocycles. The molecule has 1 unspecified atom stereocenters. The molecule has 0 aromatic heterocycles. The molecule has 4 rings (SSSR count). The van der Waals surface area contributed by atoms with E-state index in [-0.39, 0.29) is 0 Å². The maximum Gasteiger partial charge on any atom is 0.0548 e. The molecule has 4 aliphatic rings. The molecular weight excluding hydrogens is 246 g/mol. The van der Waals surface area contributed by atoms with Gasteiger partial charge in [0.25, 0.3) is 0 Å². The van der Waals surface area contributed by atoms with E-state index in [9.17, 15) is 0 Å². The van der Waals surface area contributed by atoms with Gasteiger partial charge in [0.1, 0.15) is 0 Å². The summed E-state index contributed by atoms with van der Waals surface area (Å²) in [6.07, 6.45) is 10.9. The second-order valence-electron chi connectivity index (χ2n) is 6.53. The van der Waals surface area contributed by atoms with Crippen molar-refractivity contribution in [1.82, 2.24) is 15.1 Å². The SMILES string of the molecule is CCN1CCNC2C(C)=CN3C4=C(CCC=C4)C[C@H]3[C@@H]21. The monoisotopic (exact) mass is 271 g/mol. The Balaban J connectivity index is 1.72. The average molecular weight is 271 g/mol. The topological polar surface area (TPSA) is 18.5 Å². The molecule has 3 heteroatoms. The highest BCUT2D eigenvalue weighted by Crippen LogP contribution is 2.42. The Kier molecular flexibility index (Phi) is 3.00. The second-order valence-corrected chi connectivity index (χ2v) is 6.53. The lowest BCUT2D eigenvalue weighted by molar-refractivity contribution is 0.0720. The Labute approximate surface area is 122 Å². The zero-order valence-electron chi connectivity index (χ0n) is 12.6. The molecule has 0 radical (unpaired) electrons. The van der Waals surface area contributed by atoms with Crippen LogP contribution in [0.3, 0.4) is 0 Å². The molecule has 1 saturated heterocycles. The molecule has 108 valence electrons. The number of nitrogens with one attached hydrogen (secondary N) is 1. The molecule has 1 fully saturated rings. The molecule has 1 aliphatic carbocycles. The number of hydrogen-bond donors (Lipinski definition) is 1. The Hall–Kier alpha value is -1.06. The number of piperazine rings is 1. The summed E-state index contributed by atoms with van der Waals surface area (Å²) in [4.78, 5) is 5.27. The van der Waals surface area contributed by atoms with Crippen molar-refractivity contribution in [3.63, 3.8) is 0 Å². The Morgan fingerprint density at radius 1 is 1.40 bits per heavy atom. The van der Waals surface area contributed by atoms with Crippen LogP contribution in [0.4, 0.5) is 0 Å². The van der Waals surface area contributed by atoms with Crippen molar-refractivity contribution in [3.8, 4) is 0 Å². The predicted octanol–water partition coefficient (Wildman–Crippen LogP) is 2.24. The third-order valence-corrected chi connectivity index (χ3v) is 5.50. The average Bonchev–Trinajstić information content (AvgIpc) is 2.85.